The van der Waals surface area contributed by atoms with Gasteiger partial charge in [0.05, 0.1) is 35.4 Å². The molecule has 2 aromatic rings. The van der Waals surface area contributed by atoms with E-state index in [9.17, 15) is 19.7 Å². The summed E-state index contributed by atoms with van der Waals surface area (Å²) in [6, 6.07) is 8.76. The smallest absolute Gasteiger partial charge is 0.346 e. The molecule has 0 aromatic heterocycles. The Hall–Kier alpha value is -3.33. The van der Waals surface area contributed by atoms with Crippen molar-refractivity contribution in [1.29, 1.82) is 0 Å². The summed E-state index contributed by atoms with van der Waals surface area (Å²) in [5.74, 6) is -1.47. The quantitative estimate of drug-likeness (QED) is 0.390. The number of benzene rings is 2. The molecular formula is C19H19ClN2O7. The number of nitrogens with zero attached hydrogens (tertiary/aromatic N) is 1. The van der Waals surface area contributed by atoms with Crippen molar-refractivity contribution in [1.82, 2.24) is 0 Å². The lowest BCUT2D eigenvalue weighted by Crippen LogP contribution is -2.30. The van der Waals surface area contributed by atoms with E-state index in [2.05, 4.69) is 5.32 Å². The molecule has 9 nitrogen and oxygen atoms in total. The number of esters is 1. The number of carbonyl (C=O) groups excluding carboxylic acids is 2. The summed E-state index contributed by atoms with van der Waals surface area (Å²) >= 11 is 5.98. The second-order valence-electron chi connectivity index (χ2n) is 5.73. The van der Waals surface area contributed by atoms with Crippen LogP contribution in [0.3, 0.4) is 0 Å². The third kappa shape index (κ3) is 5.35. The number of nitro groups is 1. The van der Waals surface area contributed by atoms with E-state index in [-0.39, 0.29) is 23.7 Å². The van der Waals surface area contributed by atoms with Gasteiger partial charge in [0.25, 0.3) is 11.6 Å². The molecule has 0 aliphatic carbocycles. The average Bonchev–Trinajstić information content (AvgIpc) is 2.69. The largest absolute Gasteiger partial charge is 0.493 e. The van der Waals surface area contributed by atoms with Crippen molar-refractivity contribution in [3.8, 4) is 11.5 Å². The Morgan fingerprint density at radius 2 is 1.93 bits per heavy atom. The van der Waals surface area contributed by atoms with Crippen molar-refractivity contribution in [2.75, 3.05) is 19.0 Å². The Balaban J connectivity index is 2.23. The summed E-state index contributed by atoms with van der Waals surface area (Å²) in [5, 5.41) is 14.2. The van der Waals surface area contributed by atoms with Gasteiger partial charge >= 0.3 is 5.97 Å². The number of para-hydroxylation sites is 1. The van der Waals surface area contributed by atoms with Crippen molar-refractivity contribution in [3.63, 3.8) is 0 Å². The lowest BCUT2D eigenvalue weighted by Gasteiger charge is -2.15. The van der Waals surface area contributed by atoms with E-state index in [1.807, 2.05) is 0 Å². The SMILES string of the molecule is CCOc1cc([N+](=O)[O-])c(C(=O)OC(C)C(=O)Nc2ccccc2Cl)cc1OC. The van der Waals surface area contributed by atoms with Crippen LogP contribution >= 0.6 is 11.6 Å². The van der Waals surface area contributed by atoms with Gasteiger partial charge in [-0.1, -0.05) is 23.7 Å². The fourth-order valence-corrected chi connectivity index (χ4v) is 2.55. The molecule has 0 heterocycles. The third-order valence-electron chi connectivity index (χ3n) is 3.78. The first-order chi connectivity index (χ1) is 13.8. The van der Waals surface area contributed by atoms with Crippen LogP contribution in [0.25, 0.3) is 0 Å². The third-order valence-corrected chi connectivity index (χ3v) is 4.11. The molecular weight excluding hydrogens is 404 g/mol. The molecule has 2 aromatic carbocycles. The van der Waals surface area contributed by atoms with Gasteiger partial charge < -0.3 is 19.5 Å². The Morgan fingerprint density at radius 1 is 1.24 bits per heavy atom. The number of rotatable bonds is 8. The molecule has 0 aliphatic rings. The molecule has 10 heteroatoms. The van der Waals surface area contributed by atoms with Crippen molar-refractivity contribution in [2.45, 2.75) is 20.0 Å². The molecule has 0 bridgehead atoms. The summed E-state index contributed by atoms with van der Waals surface area (Å²) in [6.07, 6.45) is -1.24. The van der Waals surface area contributed by atoms with Crippen molar-refractivity contribution in [3.05, 3.63) is 57.1 Å². The number of hydrogen-bond acceptors (Lipinski definition) is 7. The Bertz CT molecular complexity index is 933. The van der Waals surface area contributed by atoms with Crippen LogP contribution in [0, 0.1) is 10.1 Å². The number of anilines is 1. The minimum atomic E-state index is -1.24. The fourth-order valence-electron chi connectivity index (χ4n) is 2.37. The topological polar surface area (TPSA) is 117 Å². The minimum Gasteiger partial charge on any atom is -0.493 e. The number of carbonyl (C=O) groups is 2. The van der Waals surface area contributed by atoms with Gasteiger partial charge in [-0.05, 0) is 26.0 Å². The second-order valence-corrected chi connectivity index (χ2v) is 6.13. The maximum Gasteiger partial charge on any atom is 0.346 e. The predicted octanol–water partition coefficient (Wildman–Crippen LogP) is 3.84. The van der Waals surface area contributed by atoms with Crippen molar-refractivity contribution < 1.29 is 28.7 Å². The molecule has 0 radical (unpaired) electrons. The van der Waals surface area contributed by atoms with Gasteiger partial charge in [-0.2, -0.15) is 0 Å². The van der Waals surface area contributed by atoms with Crippen LogP contribution in [0.15, 0.2) is 36.4 Å². The number of amides is 1. The van der Waals surface area contributed by atoms with Gasteiger partial charge in [-0.3, -0.25) is 14.9 Å². The van der Waals surface area contributed by atoms with Crippen LogP contribution < -0.4 is 14.8 Å². The number of nitro benzene ring substituents is 1. The highest BCUT2D eigenvalue weighted by Crippen LogP contribution is 2.35. The fraction of sp³-hybridized carbons (Fsp3) is 0.263. The molecule has 0 saturated carbocycles. The molecule has 0 aliphatic heterocycles. The molecule has 0 saturated heterocycles. The number of ether oxygens (including phenoxy) is 3. The highest BCUT2D eigenvalue weighted by molar-refractivity contribution is 6.33. The summed E-state index contributed by atoms with van der Waals surface area (Å²) < 4.78 is 15.5. The lowest BCUT2D eigenvalue weighted by atomic mass is 10.1. The van der Waals surface area contributed by atoms with Crippen LogP contribution in [0.5, 0.6) is 11.5 Å². The normalized spacial score (nSPS) is 11.3. The Morgan fingerprint density at radius 3 is 2.52 bits per heavy atom. The highest BCUT2D eigenvalue weighted by atomic mass is 35.5. The van der Waals surface area contributed by atoms with Crippen LogP contribution in [0.1, 0.15) is 24.2 Å². The molecule has 154 valence electrons. The number of methoxy groups -OCH3 is 1. The minimum absolute atomic E-state index is 0.114. The number of hydrogen-bond donors (Lipinski definition) is 1. The van der Waals surface area contributed by atoms with E-state index in [1.165, 1.54) is 14.0 Å². The molecule has 1 N–H and O–H groups in total. The van der Waals surface area contributed by atoms with E-state index in [0.29, 0.717) is 10.7 Å². The monoisotopic (exact) mass is 422 g/mol. The molecule has 1 atom stereocenters. The van der Waals surface area contributed by atoms with E-state index < -0.39 is 28.6 Å². The Kier molecular flexibility index (Phi) is 7.38. The van der Waals surface area contributed by atoms with E-state index >= 15 is 0 Å². The molecule has 1 unspecified atom stereocenters. The first-order valence-electron chi connectivity index (χ1n) is 8.54. The molecule has 0 spiro atoms. The average molecular weight is 423 g/mol. The molecule has 2 rings (SSSR count). The van der Waals surface area contributed by atoms with Crippen LogP contribution in [-0.4, -0.2) is 36.6 Å². The van der Waals surface area contributed by atoms with Crippen molar-refractivity contribution in [2.24, 2.45) is 0 Å². The lowest BCUT2D eigenvalue weighted by molar-refractivity contribution is -0.385. The summed E-state index contributed by atoms with van der Waals surface area (Å²) in [7, 11) is 1.33. The first-order valence-corrected chi connectivity index (χ1v) is 8.91. The van der Waals surface area contributed by atoms with E-state index in [4.69, 9.17) is 25.8 Å². The molecule has 0 fully saturated rings. The number of nitrogens with one attached hydrogen (secondary N) is 1. The van der Waals surface area contributed by atoms with Gasteiger partial charge in [0.2, 0.25) is 0 Å². The van der Waals surface area contributed by atoms with Gasteiger partial charge in [-0.25, -0.2) is 4.79 Å². The van der Waals surface area contributed by atoms with Gasteiger partial charge in [0, 0.05) is 6.07 Å². The summed E-state index contributed by atoms with van der Waals surface area (Å²) in [4.78, 5) is 35.4. The zero-order valence-corrected chi connectivity index (χ0v) is 16.7. The zero-order valence-electron chi connectivity index (χ0n) is 15.9. The Labute approximate surface area is 171 Å². The van der Waals surface area contributed by atoms with Crippen LogP contribution in [0.4, 0.5) is 11.4 Å². The maximum absolute atomic E-state index is 12.5. The van der Waals surface area contributed by atoms with Crippen LogP contribution in [0.2, 0.25) is 5.02 Å². The standard InChI is InChI=1S/C19H19ClN2O7/c1-4-28-17-10-15(22(25)26)12(9-16(17)27-3)19(24)29-11(2)18(23)21-14-8-6-5-7-13(14)20/h5-11H,4H2,1-3H3,(H,21,23). The first kappa shape index (κ1) is 22.0. The molecule has 29 heavy (non-hydrogen) atoms. The maximum atomic E-state index is 12.5. The number of halogens is 1. The van der Waals surface area contributed by atoms with Crippen molar-refractivity contribution >= 4 is 34.9 Å². The summed E-state index contributed by atoms with van der Waals surface area (Å²) in [5.41, 5.74) is -0.554. The zero-order chi connectivity index (χ0) is 21.6. The van der Waals surface area contributed by atoms with Gasteiger partial charge in [0.15, 0.2) is 17.6 Å². The predicted molar refractivity (Wildman–Crippen MR) is 106 cm³/mol. The summed E-state index contributed by atoms with van der Waals surface area (Å²) in [6.45, 7) is 3.28. The van der Waals surface area contributed by atoms with E-state index in [0.717, 1.165) is 12.1 Å². The van der Waals surface area contributed by atoms with Crippen LogP contribution in [-0.2, 0) is 9.53 Å². The van der Waals surface area contributed by atoms with E-state index in [1.54, 1.807) is 31.2 Å². The van der Waals surface area contributed by atoms with Gasteiger partial charge in [-0.15, -0.1) is 0 Å². The molecule has 1 amide bonds. The van der Waals surface area contributed by atoms with Gasteiger partial charge in [0.1, 0.15) is 5.56 Å². The second kappa shape index (κ2) is 9.74. The highest BCUT2D eigenvalue weighted by Gasteiger charge is 2.28.